The second-order valence-electron chi connectivity index (χ2n) is 12.9. The van der Waals surface area contributed by atoms with Crippen LogP contribution in [0.1, 0.15) is 0 Å². The normalized spacial score (nSPS) is 11.5. The maximum atomic E-state index is 2.48. The van der Waals surface area contributed by atoms with Gasteiger partial charge in [-0.15, -0.1) is 11.3 Å². The molecule has 240 valence electrons. The van der Waals surface area contributed by atoms with Gasteiger partial charge in [-0.1, -0.05) is 127 Å². The predicted octanol–water partition coefficient (Wildman–Crippen LogP) is 14.0. The van der Waals surface area contributed by atoms with Gasteiger partial charge < -0.3 is 9.47 Å². The number of thiophene rings is 1. The number of para-hydroxylation sites is 2. The van der Waals surface area contributed by atoms with Crippen molar-refractivity contribution in [3.63, 3.8) is 0 Å². The van der Waals surface area contributed by atoms with E-state index in [2.05, 4.69) is 204 Å². The van der Waals surface area contributed by atoms with Gasteiger partial charge in [-0.05, 0) is 83.4 Å². The third kappa shape index (κ3) is 4.85. The molecule has 0 aliphatic rings. The van der Waals surface area contributed by atoms with Gasteiger partial charge in [-0.3, -0.25) is 0 Å². The van der Waals surface area contributed by atoms with E-state index in [1.807, 2.05) is 11.3 Å². The van der Waals surface area contributed by atoms with E-state index in [-0.39, 0.29) is 0 Å². The van der Waals surface area contributed by atoms with Crippen LogP contribution in [-0.4, -0.2) is 4.57 Å². The van der Waals surface area contributed by atoms with Crippen LogP contribution < -0.4 is 4.90 Å². The first-order valence-corrected chi connectivity index (χ1v) is 18.2. The lowest BCUT2D eigenvalue weighted by molar-refractivity contribution is 1.18. The first-order chi connectivity index (χ1) is 25.3. The van der Waals surface area contributed by atoms with Gasteiger partial charge in [0.15, 0.2) is 0 Å². The second-order valence-corrected chi connectivity index (χ2v) is 14.0. The molecule has 0 aliphatic carbocycles. The number of benzene rings is 8. The largest absolute Gasteiger partial charge is 0.309 e. The van der Waals surface area contributed by atoms with E-state index in [1.165, 1.54) is 69.9 Å². The molecule has 10 rings (SSSR count). The fourth-order valence-corrected chi connectivity index (χ4v) is 8.90. The van der Waals surface area contributed by atoms with Crippen molar-refractivity contribution in [3.8, 4) is 27.9 Å². The molecule has 0 aliphatic heterocycles. The zero-order valence-corrected chi connectivity index (χ0v) is 28.6. The van der Waals surface area contributed by atoms with Crippen LogP contribution in [0.25, 0.3) is 69.9 Å². The fraction of sp³-hybridized carbons (Fsp3) is 0. The number of rotatable bonds is 6. The quantitative estimate of drug-likeness (QED) is 0.171. The van der Waals surface area contributed by atoms with Gasteiger partial charge in [0.05, 0.1) is 22.4 Å². The fourth-order valence-electron chi connectivity index (χ4n) is 7.77. The molecule has 0 unspecified atom stereocenters. The Morgan fingerprint density at radius 3 is 1.75 bits per heavy atom. The van der Waals surface area contributed by atoms with Gasteiger partial charge in [0.1, 0.15) is 0 Å². The summed E-state index contributed by atoms with van der Waals surface area (Å²) in [6.45, 7) is 0. The first-order valence-electron chi connectivity index (χ1n) is 17.4. The van der Waals surface area contributed by atoms with E-state index >= 15 is 0 Å². The molecule has 0 bridgehead atoms. The van der Waals surface area contributed by atoms with Crippen molar-refractivity contribution < 1.29 is 0 Å². The van der Waals surface area contributed by atoms with E-state index in [4.69, 9.17) is 0 Å². The molecule has 10 aromatic rings. The second kappa shape index (κ2) is 12.2. The molecule has 0 spiro atoms. The monoisotopic (exact) mass is 668 g/mol. The summed E-state index contributed by atoms with van der Waals surface area (Å²) in [6, 6.07) is 70.4. The molecule has 8 aromatic carbocycles. The number of fused-ring (bicyclic) bond motifs is 6. The molecule has 0 saturated heterocycles. The Kier molecular flexibility index (Phi) is 7.04. The van der Waals surface area contributed by atoms with Gasteiger partial charge in [0.2, 0.25) is 0 Å². The molecule has 0 radical (unpaired) electrons. The number of nitrogens with zero attached hydrogens (tertiary/aromatic N) is 2. The molecule has 0 amide bonds. The Balaban J connectivity index is 1.39. The van der Waals surface area contributed by atoms with E-state index in [0.717, 1.165) is 17.1 Å². The minimum atomic E-state index is 1.12. The van der Waals surface area contributed by atoms with Crippen molar-refractivity contribution in [2.75, 3.05) is 4.90 Å². The summed E-state index contributed by atoms with van der Waals surface area (Å²) in [5, 5.41) is 4.99. The van der Waals surface area contributed by atoms with Crippen LogP contribution in [-0.2, 0) is 0 Å². The molecule has 0 fully saturated rings. The molecule has 51 heavy (non-hydrogen) atoms. The van der Waals surface area contributed by atoms with Crippen molar-refractivity contribution in [1.29, 1.82) is 0 Å². The summed E-state index contributed by atoms with van der Waals surface area (Å²) < 4.78 is 5.05. The standard InChI is InChI=1S/C48H32N2S/c1-5-17-33(18-6-1)35-31-39(34-19-7-2-8-20-34)48-40(32-35)46-41(26-15-27-42(46)50(48)37-23-11-4-12-24-37)49(36-21-9-3-10-22-36)43-28-16-30-45-47(43)38-25-13-14-29-44(38)51-45/h1-32H. The van der Waals surface area contributed by atoms with Gasteiger partial charge in [-0.2, -0.15) is 0 Å². The lowest BCUT2D eigenvalue weighted by atomic mass is 9.95. The smallest absolute Gasteiger partial charge is 0.0620 e. The third-order valence-electron chi connectivity index (χ3n) is 9.95. The molecular weight excluding hydrogens is 637 g/mol. The predicted molar refractivity (Wildman–Crippen MR) is 219 cm³/mol. The van der Waals surface area contributed by atoms with E-state index in [1.54, 1.807) is 0 Å². The Bertz CT molecular complexity index is 2840. The highest BCUT2D eigenvalue weighted by Gasteiger charge is 2.25. The molecule has 2 aromatic heterocycles. The Hall–Kier alpha value is -6.42. The van der Waals surface area contributed by atoms with Crippen LogP contribution in [0.2, 0.25) is 0 Å². The molecule has 0 saturated carbocycles. The van der Waals surface area contributed by atoms with Crippen molar-refractivity contribution >= 4 is 70.4 Å². The molecule has 0 N–H and O–H groups in total. The average molecular weight is 669 g/mol. The van der Waals surface area contributed by atoms with E-state index in [0.29, 0.717) is 0 Å². The minimum absolute atomic E-state index is 1.12. The Morgan fingerprint density at radius 1 is 0.412 bits per heavy atom. The molecular formula is C48H32N2S. The summed E-state index contributed by atoms with van der Waals surface area (Å²) in [4.78, 5) is 2.48. The summed E-state index contributed by atoms with van der Waals surface area (Å²) in [6.07, 6.45) is 0. The van der Waals surface area contributed by atoms with Crippen molar-refractivity contribution in [3.05, 3.63) is 194 Å². The van der Waals surface area contributed by atoms with Gasteiger partial charge in [0.25, 0.3) is 0 Å². The summed E-state index contributed by atoms with van der Waals surface area (Å²) in [7, 11) is 0. The zero-order valence-electron chi connectivity index (χ0n) is 27.8. The minimum Gasteiger partial charge on any atom is -0.309 e. The Morgan fingerprint density at radius 2 is 1.00 bits per heavy atom. The average Bonchev–Trinajstić information content (AvgIpc) is 3.76. The highest BCUT2D eigenvalue weighted by molar-refractivity contribution is 7.26. The third-order valence-corrected chi connectivity index (χ3v) is 11.1. The van der Waals surface area contributed by atoms with Crippen molar-refractivity contribution in [2.45, 2.75) is 0 Å². The maximum Gasteiger partial charge on any atom is 0.0620 e. The Labute approximate surface area is 300 Å². The maximum absolute atomic E-state index is 2.48. The number of anilines is 3. The summed E-state index contributed by atoms with van der Waals surface area (Å²) >= 11 is 1.86. The molecule has 3 heteroatoms. The number of aromatic nitrogens is 1. The van der Waals surface area contributed by atoms with Gasteiger partial charge >= 0.3 is 0 Å². The first kappa shape index (κ1) is 29.5. The lowest BCUT2D eigenvalue weighted by Gasteiger charge is -2.27. The highest BCUT2D eigenvalue weighted by atomic mass is 32.1. The van der Waals surface area contributed by atoms with E-state index in [9.17, 15) is 0 Å². The van der Waals surface area contributed by atoms with Crippen LogP contribution in [0.3, 0.4) is 0 Å². The molecule has 0 atom stereocenters. The van der Waals surface area contributed by atoms with Crippen LogP contribution in [0.5, 0.6) is 0 Å². The number of hydrogen-bond donors (Lipinski definition) is 0. The van der Waals surface area contributed by atoms with Gasteiger partial charge in [0, 0.05) is 47.9 Å². The number of hydrogen-bond acceptors (Lipinski definition) is 2. The van der Waals surface area contributed by atoms with Crippen LogP contribution in [0, 0.1) is 0 Å². The van der Waals surface area contributed by atoms with Crippen molar-refractivity contribution in [1.82, 2.24) is 4.57 Å². The van der Waals surface area contributed by atoms with Crippen LogP contribution >= 0.6 is 11.3 Å². The molecule has 2 nitrogen and oxygen atoms in total. The van der Waals surface area contributed by atoms with Crippen LogP contribution in [0.15, 0.2) is 194 Å². The van der Waals surface area contributed by atoms with Crippen LogP contribution in [0.4, 0.5) is 17.1 Å². The zero-order chi connectivity index (χ0) is 33.7. The SMILES string of the molecule is c1ccc(-c2cc(-c3ccccc3)c3c(c2)c2c(N(c4ccccc4)c4cccc5sc6ccccc6c45)cccc2n3-c2ccccc2)cc1. The van der Waals surface area contributed by atoms with E-state index < -0.39 is 0 Å². The van der Waals surface area contributed by atoms with Gasteiger partial charge in [-0.25, -0.2) is 0 Å². The molecule has 2 heterocycles. The lowest BCUT2D eigenvalue weighted by Crippen LogP contribution is -2.10. The summed E-state index contributed by atoms with van der Waals surface area (Å²) in [5.74, 6) is 0. The highest BCUT2D eigenvalue weighted by Crippen LogP contribution is 2.50. The topological polar surface area (TPSA) is 8.17 Å². The van der Waals surface area contributed by atoms with Crippen molar-refractivity contribution in [2.24, 2.45) is 0 Å². The summed E-state index contributed by atoms with van der Waals surface area (Å²) in [5.41, 5.74) is 11.7.